The first-order valence-electron chi connectivity index (χ1n) is 10.9. The molecule has 5 aliphatic rings. The lowest BCUT2D eigenvalue weighted by Gasteiger charge is -2.61. The van der Waals surface area contributed by atoms with Crippen molar-refractivity contribution in [3.05, 3.63) is 0 Å². The van der Waals surface area contributed by atoms with Gasteiger partial charge in [-0.2, -0.15) is 0 Å². The van der Waals surface area contributed by atoms with E-state index in [2.05, 4.69) is 20.8 Å². The Bertz CT molecular complexity index is 587. The van der Waals surface area contributed by atoms with Gasteiger partial charge >= 0.3 is 0 Å². The fourth-order valence-electron chi connectivity index (χ4n) is 9.58. The number of hydrogen-bond acceptors (Lipinski definition) is 2. The number of carbonyl (C=O) groups is 1. The summed E-state index contributed by atoms with van der Waals surface area (Å²) >= 11 is 0. The average molecular weight is 345 g/mol. The van der Waals surface area contributed by atoms with Crippen molar-refractivity contribution in [1.29, 1.82) is 0 Å². The van der Waals surface area contributed by atoms with Gasteiger partial charge in [0, 0.05) is 18.4 Å². The van der Waals surface area contributed by atoms with Crippen molar-refractivity contribution in [2.45, 2.75) is 78.2 Å². The smallest absolute Gasteiger partial charge is 0.123 e. The van der Waals surface area contributed by atoms with Crippen LogP contribution >= 0.6 is 0 Å². The van der Waals surface area contributed by atoms with Gasteiger partial charge in [0.05, 0.1) is 6.10 Å². The quantitative estimate of drug-likeness (QED) is 0.665. The molecule has 5 aliphatic carbocycles. The summed E-state index contributed by atoms with van der Waals surface area (Å²) in [6.45, 7) is 7.35. The van der Waals surface area contributed by atoms with Gasteiger partial charge in [-0.25, -0.2) is 0 Å². The molecule has 0 aromatic rings. The normalized spacial score (nSPS) is 60.2. The molecule has 140 valence electrons. The highest BCUT2D eigenvalue weighted by Crippen LogP contribution is 2.82. The number of carbonyl (C=O) groups excluding carboxylic acids is 1. The van der Waals surface area contributed by atoms with E-state index >= 15 is 0 Å². The van der Waals surface area contributed by atoms with Crippen LogP contribution in [0.4, 0.5) is 0 Å². The molecule has 0 aromatic heterocycles. The average Bonchev–Trinajstić information content (AvgIpc) is 3.12. The van der Waals surface area contributed by atoms with Crippen LogP contribution in [0.5, 0.6) is 0 Å². The lowest BCUT2D eigenvalue weighted by atomic mass is 9.45. The first-order valence-corrected chi connectivity index (χ1v) is 10.9. The number of hydrogen-bond donors (Lipinski definition) is 0. The summed E-state index contributed by atoms with van der Waals surface area (Å²) in [5.74, 6) is 4.37. The van der Waals surface area contributed by atoms with Gasteiger partial charge in [0.15, 0.2) is 0 Å². The Balaban J connectivity index is 1.50. The minimum atomic E-state index is 0.231. The summed E-state index contributed by atoms with van der Waals surface area (Å²) in [5.41, 5.74) is 1.45. The predicted molar refractivity (Wildman–Crippen MR) is 99.1 cm³/mol. The molecule has 0 N–H and O–H groups in total. The SMILES string of the molecule is COC1C[C@H]2[C@@H]3CC[C@H]([C@H](C)C=O)[C@@]3(C)CC[C@@H]2[C@@]2(C)CC[C@@H]3C[C@@]132. The van der Waals surface area contributed by atoms with Crippen molar-refractivity contribution in [3.63, 3.8) is 0 Å². The molecule has 0 bridgehead atoms. The second-order valence-electron chi connectivity index (χ2n) is 11.0. The molecule has 0 heterocycles. The Morgan fingerprint density at radius 3 is 2.56 bits per heavy atom. The van der Waals surface area contributed by atoms with E-state index in [0.717, 1.165) is 23.7 Å². The highest BCUT2D eigenvalue weighted by molar-refractivity contribution is 5.53. The van der Waals surface area contributed by atoms with E-state index in [9.17, 15) is 4.79 Å². The molecule has 2 nitrogen and oxygen atoms in total. The maximum atomic E-state index is 11.5. The Morgan fingerprint density at radius 2 is 1.88 bits per heavy atom. The van der Waals surface area contributed by atoms with Gasteiger partial charge in [0.1, 0.15) is 6.29 Å². The molecule has 1 unspecified atom stereocenters. The fraction of sp³-hybridized carbons (Fsp3) is 0.957. The summed E-state index contributed by atoms with van der Waals surface area (Å²) in [4.78, 5) is 11.5. The highest BCUT2D eigenvalue weighted by Gasteiger charge is 2.77. The summed E-state index contributed by atoms with van der Waals surface area (Å²) in [6, 6.07) is 0. The number of methoxy groups -OCH3 is 1. The lowest BCUT2D eigenvalue weighted by molar-refractivity contribution is -0.161. The number of rotatable bonds is 3. The monoisotopic (exact) mass is 344 g/mol. The first kappa shape index (κ1) is 16.8. The molecule has 5 fully saturated rings. The Hall–Kier alpha value is -0.370. The van der Waals surface area contributed by atoms with Gasteiger partial charge in [-0.15, -0.1) is 0 Å². The van der Waals surface area contributed by atoms with Crippen molar-refractivity contribution in [2.75, 3.05) is 7.11 Å². The van der Waals surface area contributed by atoms with E-state index in [4.69, 9.17) is 4.74 Å². The van der Waals surface area contributed by atoms with Crippen molar-refractivity contribution in [1.82, 2.24) is 0 Å². The van der Waals surface area contributed by atoms with Gasteiger partial charge in [-0.3, -0.25) is 0 Å². The van der Waals surface area contributed by atoms with Gasteiger partial charge < -0.3 is 9.53 Å². The summed E-state index contributed by atoms with van der Waals surface area (Å²) < 4.78 is 6.18. The third kappa shape index (κ3) is 1.79. The van der Waals surface area contributed by atoms with Crippen molar-refractivity contribution >= 4 is 6.29 Å². The molecule has 5 rings (SSSR count). The fourth-order valence-corrected chi connectivity index (χ4v) is 9.58. The molecule has 0 saturated heterocycles. The summed E-state index contributed by atoms with van der Waals surface area (Å²) in [5, 5.41) is 0. The van der Waals surface area contributed by atoms with Crippen LogP contribution in [0.2, 0.25) is 0 Å². The van der Waals surface area contributed by atoms with Crippen molar-refractivity contribution in [2.24, 2.45) is 51.8 Å². The van der Waals surface area contributed by atoms with Gasteiger partial charge in [-0.1, -0.05) is 20.8 Å². The second kappa shape index (κ2) is 5.12. The molecule has 0 aliphatic heterocycles. The second-order valence-corrected chi connectivity index (χ2v) is 11.0. The van der Waals surface area contributed by atoms with E-state index in [1.165, 1.54) is 57.7 Å². The maximum Gasteiger partial charge on any atom is 0.123 e. The van der Waals surface area contributed by atoms with E-state index in [-0.39, 0.29) is 5.92 Å². The van der Waals surface area contributed by atoms with E-state index in [1.807, 2.05) is 7.11 Å². The van der Waals surface area contributed by atoms with E-state index in [1.54, 1.807) is 0 Å². The molecule has 0 amide bonds. The minimum absolute atomic E-state index is 0.231. The predicted octanol–water partition coefficient (Wildman–Crippen LogP) is 5.11. The van der Waals surface area contributed by atoms with Crippen LogP contribution in [-0.2, 0) is 9.53 Å². The van der Waals surface area contributed by atoms with Crippen LogP contribution in [0.3, 0.4) is 0 Å². The largest absolute Gasteiger partial charge is 0.381 e. The first-order chi connectivity index (χ1) is 11.9. The van der Waals surface area contributed by atoms with Crippen LogP contribution in [0.1, 0.15) is 72.1 Å². The van der Waals surface area contributed by atoms with Gasteiger partial charge in [0.2, 0.25) is 0 Å². The van der Waals surface area contributed by atoms with Gasteiger partial charge in [-0.05, 0) is 91.8 Å². The topological polar surface area (TPSA) is 26.3 Å². The molecule has 5 saturated carbocycles. The number of ether oxygens (including phenoxy) is 1. The van der Waals surface area contributed by atoms with Crippen LogP contribution in [0.15, 0.2) is 0 Å². The standard InChI is InChI=1S/C23H36O2/c1-14(13-24)17-5-6-18-16-11-20(25-4)23-12-15(23)7-10-22(23,3)19(16)8-9-21(17,18)2/h13-20H,5-12H2,1-4H3/t14-,15-,16+,17-,18+,19+,20?,21-,22-,23+/m1/s1. The highest BCUT2D eigenvalue weighted by atomic mass is 16.5. The van der Waals surface area contributed by atoms with E-state index in [0.29, 0.717) is 28.3 Å². The van der Waals surface area contributed by atoms with E-state index < -0.39 is 0 Å². The molecule has 25 heavy (non-hydrogen) atoms. The molecule has 1 spiro atoms. The minimum Gasteiger partial charge on any atom is -0.381 e. The number of aldehydes is 1. The summed E-state index contributed by atoms with van der Waals surface area (Å²) in [6.07, 6.45) is 12.7. The van der Waals surface area contributed by atoms with Gasteiger partial charge in [0.25, 0.3) is 0 Å². The van der Waals surface area contributed by atoms with Crippen LogP contribution in [-0.4, -0.2) is 19.5 Å². The molecular weight excluding hydrogens is 308 g/mol. The molecule has 0 radical (unpaired) electrons. The zero-order valence-electron chi connectivity index (χ0n) is 16.6. The van der Waals surface area contributed by atoms with Crippen LogP contribution in [0.25, 0.3) is 0 Å². The van der Waals surface area contributed by atoms with Crippen molar-refractivity contribution in [3.8, 4) is 0 Å². The van der Waals surface area contributed by atoms with Crippen LogP contribution < -0.4 is 0 Å². The zero-order chi connectivity index (χ0) is 17.6. The molecule has 10 atom stereocenters. The third-order valence-electron chi connectivity index (χ3n) is 10.8. The zero-order valence-corrected chi connectivity index (χ0v) is 16.6. The third-order valence-corrected chi connectivity index (χ3v) is 10.8. The molecule has 2 heteroatoms. The molecular formula is C23H36O2. The number of fused-ring (bicyclic) bond motifs is 4. The van der Waals surface area contributed by atoms with Crippen molar-refractivity contribution < 1.29 is 9.53 Å². The Morgan fingerprint density at radius 1 is 1.08 bits per heavy atom. The lowest BCUT2D eigenvalue weighted by Crippen LogP contribution is -2.57. The molecule has 0 aromatic carbocycles. The Labute approximate surface area is 153 Å². The summed E-state index contributed by atoms with van der Waals surface area (Å²) in [7, 11) is 1.97. The Kier molecular flexibility index (Phi) is 3.43. The maximum absolute atomic E-state index is 11.5. The van der Waals surface area contributed by atoms with Crippen LogP contribution in [0, 0.1) is 51.8 Å².